The standard InChI is InChI=1S/C14H12FN3O2S/c15-12-5-2-1-4-11(12)7-9-18-21(19,20)14-6-3-8-17-13(14)10-16/h1-6,8,18H,7,9H2. The third-order valence-corrected chi connectivity index (χ3v) is 4.30. The number of halogens is 1. The molecule has 2 rings (SSSR count). The van der Waals surface area contributed by atoms with Gasteiger partial charge in [0.25, 0.3) is 0 Å². The number of pyridine rings is 1. The second kappa shape index (κ2) is 6.43. The number of hydrogen-bond acceptors (Lipinski definition) is 4. The SMILES string of the molecule is N#Cc1ncccc1S(=O)(=O)NCCc1ccccc1F. The summed E-state index contributed by atoms with van der Waals surface area (Å²) in [7, 11) is -3.84. The van der Waals surface area contributed by atoms with Crippen LogP contribution in [0.2, 0.25) is 0 Å². The minimum atomic E-state index is -3.84. The number of aromatic nitrogens is 1. The molecule has 5 nitrogen and oxygen atoms in total. The highest BCUT2D eigenvalue weighted by Crippen LogP contribution is 2.12. The summed E-state index contributed by atoms with van der Waals surface area (Å²) in [6.45, 7) is 0.0308. The molecule has 0 radical (unpaired) electrons. The van der Waals surface area contributed by atoms with Crippen molar-refractivity contribution in [3.05, 3.63) is 59.7 Å². The van der Waals surface area contributed by atoms with Gasteiger partial charge in [0.15, 0.2) is 5.69 Å². The van der Waals surface area contributed by atoms with E-state index in [4.69, 9.17) is 5.26 Å². The van der Waals surface area contributed by atoms with Gasteiger partial charge in [-0.2, -0.15) is 5.26 Å². The molecule has 108 valence electrons. The lowest BCUT2D eigenvalue weighted by Gasteiger charge is -2.08. The van der Waals surface area contributed by atoms with Gasteiger partial charge >= 0.3 is 0 Å². The van der Waals surface area contributed by atoms with Crippen LogP contribution in [0.5, 0.6) is 0 Å². The van der Waals surface area contributed by atoms with E-state index in [0.29, 0.717) is 5.56 Å². The summed E-state index contributed by atoms with van der Waals surface area (Å²) < 4.78 is 39.9. The molecule has 0 spiro atoms. The van der Waals surface area contributed by atoms with Crippen molar-refractivity contribution in [2.45, 2.75) is 11.3 Å². The van der Waals surface area contributed by atoms with E-state index in [-0.39, 0.29) is 29.4 Å². The van der Waals surface area contributed by atoms with E-state index in [2.05, 4.69) is 9.71 Å². The second-order valence-electron chi connectivity index (χ2n) is 4.20. The van der Waals surface area contributed by atoms with Crippen LogP contribution >= 0.6 is 0 Å². The quantitative estimate of drug-likeness (QED) is 0.909. The lowest BCUT2D eigenvalue weighted by Crippen LogP contribution is -2.27. The summed E-state index contributed by atoms with van der Waals surface area (Å²) in [5.41, 5.74) is 0.253. The molecule has 0 aliphatic heterocycles. The van der Waals surface area contributed by atoms with E-state index < -0.39 is 10.0 Å². The van der Waals surface area contributed by atoms with Crippen LogP contribution in [0.25, 0.3) is 0 Å². The number of sulfonamides is 1. The highest BCUT2D eigenvalue weighted by Gasteiger charge is 2.18. The summed E-state index contributed by atoms with van der Waals surface area (Å²) in [6, 6.07) is 10.6. The van der Waals surface area contributed by atoms with Crippen molar-refractivity contribution < 1.29 is 12.8 Å². The zero-order valence-corrected chi connectivity index (χ0v) is 11.8. The van der Waals surface area contributed by atoms with Gasteiger partial charge in [0.1, 0.15) is 16.8 Å². The minimum absolute atomic E-state index is 0.0308. The molecule has 0 amide bonds. The third kappa shape index (κ3) is 3.62. The number of benzene rings is 1. The van der Waals surface area contributed by atoms with E-state index in [1.54, 1.807) is 24.3 Å². The molecule has 1 heterocycles. The third-order valence-electron chi connectivity index (χ3n) is 2.81. The molecule has 1 N–H and O–H groups in total. The maximum atomic E-state index is 13.4. The molecule has 0 saturated heterocycles. The molecule has 0 saturated carbocycles. The molecule has 7 heteroatoms. The lowest BCUT2D eigenvalue weighted by atomic mass is 10.1. The topological polar surface area (TPSA) is 82.8 Å². The van der Waals surface area contributed by atoms with E-state index in [1.165, 1.54) is 24.4 Å². The van der Waals surface area contributed by atoms with Gasteiger partial charge in [-0.1, -0.05) is 18.2 Å². The Labute approximate surface area is 122 Å². The fourth-order valence-electron chi connectivity index (χ4n) is 1.79. The predicted molar refractivity (Wildman–Crippen MR) is 74.2 cm³/mol. The Hall–Kier alpha value is -2.30. The molecular formula is C14H12FN3O2S. The number of nitrogens with zero attached hydrogens (tertiary/aromatic N) is 2. The summed E-state index contributed by atoms with van der Waals surface area (Å²) in [5, 5.41) is 8.87. The molecule has 0 aliphatic carbocycles. The average Bonchev–Trinajstić information content (AvgIpc) is 2.49. The Kier molecular flexibility index (Phi) is 4.62. The molecular weight excluding hydrogens is 293 g/mol. The number of nitriles is 1. The van der Waals surface area contributed by atoms with Crippen LogP contribution in [-0.4, -0.2) is 19.9 Å². The van der Waals surface area contributed by atoms with Gasteiger partial charge < -0.3 is 0 Å². The maximum absolute atomic E-state index is 13.4. The van der Waals surface area contributed by atoms with Crippen LogP contribution in [-0.2, 0) is 16.4 Å². The number of nitrogens with one attached hydrogen (secondary N) is 1. The van der Waals surface area contributed by atoms with Crippen LogP contribution in [0.3, 0.4) is 0 Å². The van der Waals surface area contributed by atoms with Crippen molar-refractivity contribution >= 4 is 10.0 Å². The predicted octanol–water partition coefficient (Wildman–Crippen LogP) is 1.61. The molecule has 1 aromatic heterocycles. The van der Waals surface area contributed by atoms with Crippen molar-refractivity contribution in [1.29, 1.82) is 5.26 Å². The van der Waals surface area contributed by atoms with E-state index in [0.717, 1.165) is 0 Å². The molecule has 0 aliphatic rings. The fraction of sp³-hybridized carbons (Fsp3) is 0.143. The largest absolute Gasteiger partial charge is 0.244 e. The summed E-state index contributed by atoms with van der Waals surface area (Å²) in [6.07, 6.45) is 1.56. The van der Waals surface area contributed by atoms with Gasteiger partial charge in [-0.15, -0.1) is 0 Å². The molecule has 21 heavy (non-hydrogen) atoms. The normalized spacial score (nSPS) is 11.0. The lowest BCUT2D eigenvalue weighted by molar-refractivity contribution is 0.576. The molecule has 0 bridgehead atoms. The average molecular weight is 305 g/mol. The number of hydrogen-bond donors (Lipinski definition) is 1. The van der Waals surface area contributed by atoms with Gasteiger partial charge in [0.2, 0.25) is 10.0 Å². The smallest absolute Gasteiger partial charge is 0.243 e. The monoisotopic (exact) mass is 305 g/mol. The zero-order chi connectivity index (χ0) is 15.3. The zero-order valence-electron chi connectivity index (χ0n) is 11.0. The molecule has 0 fully saturated rings. The van der Waals surface area contributed by atoms with Crippen molar-refractivity contribution in [3.63, 3.8) is 0 Å². The van der Waals surface area contributed by atoms with Crippen LogP contribution < -0.4 is 4.72 Å². The highest BCUT2D eigenvalue weighted by molar-refractivity contribution is 7.89. The molecule has 1 aromatic carbocycles. The summed E-state index contributed by atoms with van der Waals surface area (Å²) in [5.74, 6) is -0.379. The Balaban J connectivity index is 2.09. The van der Waals surface area contributed by atoms with Gasteiger partial charge in [-0.25, -0.2) is 22.5 Å². The maximum Gasteiger partial charge on any atom is 0.243 e. The summed E-state index contributed by atoms with van der Waals surface area (Å²) >= 11 is 0. The first kappa shape index (κ1) is 15.1. The first-order valence-corrected chi connectivity index (χ1v) is 7.61. The van der Waals surface area contributed by atoms with Gasteiger partial charge in [-0.3, -0.25) is 0 Å². The van der Waals surface area contributed by atoms with Crippen molar-refractivity contribution in [1.82, 2.24) is 9.71 Å². The van der Waals surface area contributed by atoms with Crippen molar-refractivity contribution in [3.8, 4) is 6.07 Å². The van der Waals surface area contributed by atoms with Gasteiger partial charge in [0.05, 0.1) is 0 Å². The highest BCUT2D eigenvalue weighted by atomic mass is 32.2. The van der Waals surface area contributed by atoms with Gasteiger partial charge in [-0.05, 0) is 30.2 Å². The second-order valence-corrected chi connectivity index (χ2v) is 5.94. The Morgan fingerprint density at radius 2 is 2.00 bits per heavy atom. The fourth-order valence-corrected chi connectivity index (χ4v) is 2.93. The van der Waals surface area contributed by atoms with E-state index >= 15 is 0 Å². The Bertz CT molecular complexity index is 785. The molecule has 0 unspecified atom stereocenters. The van der Waals surface area contributed by atoms with Gasteiger partial charge in [0, 0.05) is 12.7 Å². The van der Waals surface area contributed by atoms with E-state index in [1.807, 2.05) is 0 Å². The molecule has 0 atom stereocenters. The van der Waals surface area contributed by atoms with Crippen LogP contribution in [0.15, 0.2) is 47.5 Å². The number of rotatable bonds is 5. The Morgan fingerprint density at radius 3 is 2.71 bits per heavy atom. The van der Waals surface area contributed by atoms with Crippen molar-refractivity contribution in [2.24, 2.45) is 0 Å². The van der Waals surface area contributed by atoms with E-state index in [9.17, 15) is 12.8 Å². The van der Waals surface area contributed by atoms with Crippen molar-refractivity contribution in [2.75, 3.05) is 6.54 Å². The first-order valence-electron chi connectivity index (χ1n) is 6.13. The first-order chi connectivity index (χ1) is 10.0. The summed E-state index contributed by atoms with van der Waals surface area (Å²) in [4.78, 5) is 3.52. The Morgan fingerprint density at radius 1 is 1.24 bits per heavy atom. The van der Waals surface area contributed by atoms with Crippen LogP contribution in [0.1, 0.15) is 11.3 Å². The van der Waals surface area contributed by atoms with Crippen LogP contribution in [0, 0.1) is 17.1 Å². The van der Waals surface area contributed by atoms with Crippen LogP contribution in [0.4, 0.5) is 4.39 Å². The minimum Gasteiger partial charge on any atom is -0.244 e. The molecule has 2 aromatic rings.